The third-order valence-corrected chi connectivity index (χ3v) is 4.03. The summed E-state index contributed by atoms with van der Waals surface area (Å²) >= 11 is 0. The number of aliphatic hydroxyl groups excluding tert-OH is 1. The molecule has 1 saturated heterocycles. The number of benzene rings is 1. The molecular formula is C19H25F2NO4. The fourth-order valence-corrected chi connectivity index (χ4v) is 2.77. The molecule has 0 aliphatic carbocycles. The Morgan fingerprint density at radius 2 is 1.92 bits per heavy atom. The molecule has 0 aromatic heterocycles. The molecule has 3 rings (SSSR count). The van der Waals surface area contributed by atoms with Crippen LogP contribution in [0, 0.1) is 0 Å². The van der Waals surface area contributed by atoms with Crippen molar-refractivity contribution in [1.82, 2.24) is 4.90 Å². The Kier molecular flexibility index (Phi) is 7.53. The smallest absolute Gasteiger partial charge is 0.338 e. The highest BCUT2D eigenvalue weighted by Gasteiger charge is 2.45. The number of carbonyl (C=O) groups is 1. The van der Waals surface area contributed by atoms with Crippen molar-refractivity contribution in [3.05, 3.63) is 47.2 Å². The van der Waals surface area contributed by atoms with Crippen molar-refractivity contribution in [3.8, 4) is 0 Å². The van der Waals surface area contributed by atoms with Gasteiger partial charge in [-0.05, 0) is 25.3 Å². The summed E-state index contributed by atoms with van der Waals surface area (Å²) in [6, 6.07) is 9.11. The highest BCUT2D eigenvalue weighted by Crippen LogP contribution is 2.32. The van der Waals surface area contributed by atoms with Crippen LogP contribution in [0.5, 0.6) is 0 Å². The summed E-state index contributed by atoms with van der Waals surface area (Å²) in [5, 5.41) is 9.58. The van der Waals surface area contributed by atoms with E-state index in [0.717, 1.165) is 18.8 Å². The summed E-state index contributed by atoms with van der Waals surface area (Å²) < 4.78 is 37.4. The second-order valence-electron chi connectivity index (χ2n) is 6.20. The topological polar surface area (TPSA) is 59.0 Å². The van der Waals surface area contributed by atoms with Gasteiger partial charge in [0.2, 0.25) is 0 Å². The molecule has 5 nitrogen and oxygen atoms in total. The number of ether oxygens (including phenoxy) is 2. The van der Waals surface area contributed by atoms with Crippen LogP contribution in [0.1, 0.15) is 25.3 Å². The Balaban J connectivity index is 0.000000417. The number of alkyl halides is 2. The van der Waals surface area contributed by atoms with E-state index in [-0.39, 0.29) is 25.3 Å². The van der Waals surface area contributed by atoms with Crippen LogP contribution in [0.25, 0.3) is 0 Å². The summed E-state index contributed by atoms with van der Waals surface area (Å²) in [6.45, 7) is 3.23. The predicted molar refractivity (Wildman–Crippen MR) is 93.0 cm³/mol. The van der Waals surface area contributed by atoms with Gasteiger partial charge in [-0.2, -0.15) is 8.78 Å². The zero-order valence-corrected chi connectivity index (χ0v) is 14.9. The van der Waals surface area contributed by atoms with E-state index in [4.69, 9.17) is 9.47 Å². The van der Waals surface area contributed by atoms with Crippen LogP contribution in [0.2, 0.25) is 0 Å². The molecule has 0 atom stereocenters. The van der Waals surface area contributed by atoms with Crippen LogP contribution in [-0.2, 0) is 20.8 Å². The minimum atomic E-state index is -3.45. The quantitative estimate of drug-likeness (QED) is 0.825. The number of carbonyl (C=O) groups excluding carboxylic acids is 1. The van der Waals surface area contributed by atoms with Crippen molar-refractivity contribution in [2.45, 2.75) is 32.2 Å². The van der Waals surface area contributed by atoms with Gasteiger partial charge in [0.1, 0.15) is 0 Å². The van der Waals surface area contributed by atoms with Crippen LogP contribution >= 0.6 is 0 Å². The van der Waals surface area contributed by atoms with Crippen molar-refractivity contribution >= 4 is 5.97 Å². The summed E-state index contributed by atoms with van der Waals surface area (Å²) in [4.78, 5) is 13.1. The molecule has 144 valence electrons. The molecule has 7 heteroatoms. The number of hydrogen-bond acceptors (Lipinski definition) is 5. The van der Waals surface area contributed by atoms with Gasteiger partial charge in [0.25, 0.3) is 0 Å². The van der Waals surface area contributed by atoms with E-state index in [9.17, 15) is 18.7 Å². The molecule has 2 heterocycles. The standard InChI is InChI=1S/C15H17F2NO3.C4H8O/c1-2-21-14(20)12-9-18(10-15(16,17)13(12)19)8-11-6-4-3-5-7-11;1-2-4-5-3-1/h3-7,19H,2,8-10H2,1H3;1-4H2. The van der Waals surface area contributed by atoms with Crippen LogP contribution in [-0.4, -0.2) is 54.8 Å². The Bertz CT molecular complexity index is 608. The Hall–Kier alpha value is -1.99. The average Bonchev–Trinajstić information content (AvgIpc) is 3.18. The van der Waals surface area contributed by atoms with Gasteiger partial charge in [-0.25, -0.2) is 4.79 Å². The van der Waals surface area contributed by atoms with Gasteiger partial charge < -0.3 is 14.6 Å². The first-order valence-electron chi connectivity index (χ1n) is 8.75. The molecular weight excluding hydrogens is 344 g/mol. The van der Waals surface area contributed by atoms with Crippen molar-refractivity contribution < 1.29 is 28.2 Å². The van der Waals surface area contributed by atoms with E-state index in [1.165, 1.54) is 17.7 Å². The molecule has 0 bridgehead atoms. The monoisotopic (exact) mass is 369 g/mol. The van der Waals surface area contributed by atoms with Crippen LogP contribution in [0.4, 0.5) is 8.78 Å². The Morgan fingerprint density at radius 1 is 1.27 bits per heavy atom. The van der Waals surface area contributed by atoms with Crippen LogP contribution < -0.4 is 0 Å². The second kappa shape index (κ2) is 9.64. The lowest BCUT2D eigenvalue weighted by atomic mass is 10.0. The number of rotatable bonds is 4. The van der Waals surface area contributed by atoms with Gasteiger partial charge in [-0.3, -0.25) is 4.90 Å². The van der Waals surface area contributed by atoms with Crippen molar-refractivity contribution in [3.63, 3.8) is 0 Å². The number of nitrogens with zero attached hydrogens (tertiary/aromatic N) is 1. The predicted octanol–water partition coefficient (Wildman–Crippen LogP) is 3.31. The molecule has 1 aromatic rings. The highest BCUT2D eigenvalue weighted by atomic mass is 19.3. The number of halogens is 2. The number of aliphatic hydroxyl groups is 1. The maximum absolute atomic E-state index is 13.8. The summed E-state index contributed by atoms with van der Waals surface area (Å²) in [5.74, 6) is -5.52. The van der Waals surface area contributed by atoms with E-state index >= 15 is 0 Å². The molecule has 1 fully saturated rings. The summed E-state index contributed by atoms with van der Waals surface area (Å²) in [7, 11) is 0. The van der Waals surface area contributed by atoms with E-state index in [1.807, 2.05) is 30.3 Å². The normalized spacial score (nSPS) is 19.7. The molecule has 2 aliphatic rings. The van der Waals surface area contributed by atoms with Crippen LogP contribution in [0.3, 0.4) is 0 Å². The number of hydrogen-bond donors (Lipinski definition) is 1. The lowest BCUT2D eigenvalue weighted by Gasteiger charge is -2.32. The van der Waals surface area contributed by atoms with Crippen molar-refractivity contribution in [2.24, 2.45) is 0 Å². The van der Waals surface area contributed by atoms with Gasteiger partial charge in [-0.1, -0.05) is 30.3 Å². The van der Waals surface area contributed by atoms with E-state index in [0.29, 0.717) is 0 Å². The summed E-state index contributed by atoms with van der Waals surface area (Å²) in [5.41, 5.74) is 0.488. The maximum atomic E-state index is 13.8. The fraction of sp³-hybridized carbons (Fsp3) is 0.526. The van der Waals surface area contributed by atoms with Gasteiger partial charge >= 0.3 is 11.9 Å². The molecule has 1 aromatic carbocycles. The van der Waals surface area contributed by atoms with Gasteiger partial charge in [0, 0.05) is 26.3 Å². The molecule has 26 heavy (non-hydrogen) atoms. The minimum Gasteiger partial charge on any atom is -0.506 e. The molecule has 0 amide bonds. The first kappa shape index (κ1) is 20.3. The SMILES string of the molecule is C1CCOC1.CCOC(=O)C1=C(O)C(F)(F)CN(Cc2ccccc2)C1. The molecule has 0 saturated carbocycles. The lowest BCUT2D eigenvalue weighted by Crippen LogP contribution is -2.45. The van der Waals surface area contributed by atoms with Crippen LogP contribution in [0.15, 0.2) is 41.7 Å². The largest absolute Gasteiger partial charge is 0.506 e. The van der Waals surface area contributed by atoms with Crippen molar-refractivity contribution in [2.75, 3.05) is 32.9 Å². The third-order valence-electron chi connectivity index (χ3n) is 4.03. The minimum absolute atomic E-state index is 0.0604. The first-order valence-corrected chi connectivity index (χ1v) is 8.75. The Morgan fingerprint density at radius 3 is 2.46 bits per heavy atom. The molecule has 0 radical (unpaired) electrons. The van der Waals surface area contributed by atoms with E-state index in [2.05, 4.69) is 0 Å². The fourth-order valence-electron chi connectivity index (χ4n) is 2.77. The van der Waals surface area contributed by atoms with Gasteiger partial charge in [0.15, 0.2) is 5.76 Å². The molecule has 1 N–H and O–H groups in total. The zero-order chi connectivity index (χ0) is 19.0. The Labute approximate surface area is 152 Å². The average molecular weight is 369 g/mol. The van der Waals surface area contributed by atoms with Gasteiger partial charge in [-0.15, -0.1) is 0 Å². The lowest BCUT2D eigenvalue weighted by molar-refractivity contribution is -0.140. The number of esters is 1. The first-order chi connectivity index (χ1) is 12.4. The second-order valence-corrected chi connectivity index (χ2v) is 6.20. The molecule has 0 spiro atoms. The summed E-state index contributed by atoms with van der Waals surface area (Å²) in [6.07, 6.45) is 2.56. The zero-order valence-electron chi connectivity index (χ0n) is 14.9. The third kappa shape index (κ3) is 5.78. The highest BCUT2D eigenvalue weighted by molar-refractivity contribution is 5.90. The van der Waals surface area contributed by atoms with Gasteiger partial charge in [0.05, 0.1) is 18.7 Å². The molecule has 2 aliphatic heterocycles. The van der Waals surface area contributed by atoms with E-state index < -0.39 is 24.2 Å². The molecule has 0 unspecified atom stereocenters. The van der Waals surface area contributed by atoms with E-state index in [1.54, 1.807) is 6.92 Å². The maximum Gasteiger partial charge on any atom is 0.338 e. The van der Waals surface area contributed by atoms with Crippen molar-refractivity contribution in [1.29, 1.82) is 0 Å².